The first kappa shape index (κ1) is 19.4. The van der Waals surface area contributed by atoms with E-state index in [-0.39, 0.29) is 5.78 Å². The molecule has 4 heteroatoms. The van der Waals surface area contributed by atoms with Crippen LogP contribution in [0.1, 0.15) is 23.2 Å². The maximum atomic E-state index is 12.9. The highest BCUT2D eigenvalue weighted by molar-refractivity contribution is 5.97. The number of fused-ring (bicyclic) bond motifs is 1. The lowest BCUT2D eigenvalue weighted by Crippen LogP contribution is -2.36. The minimum Gasteiger partial charge on any atom is -0.355 e. The lowest BCUT2D eigenvalue weighted by atomic mass is 9.64. The molecule has 2 fully saturated rings. The van der Waals surface area contributed by atoms with Gasteiger partial charge in [-0.05, 0) is 47.9 Å². The molecule has 0 amide bonds. The van der Waals surface area contributed by atoms with E-state index in [1.54, 1.807) is 0 Å². The summed E-state index contributed by atoms with van der Waals surface area (Å²) < 4.78 is 0. The molecule has 1 aliphatic carbocycles. The number of benzene rings is 3. The number of ketones is 1. The van der Waals surface area contributed by atoms with E-state index in [0.717, 1.165) is 47.6 Å². The number of rotatable bonds is 6. The van der Waals surface area contributed by atoms with Gasteiger partial charge in [0, 0.05) is 42.0 Å². The second-order valence-electron chi connectivity index (χ2n) is 8.67. The largest absolute Gasteiger partial charge is 0.355 e. The van der Waals surface area contributed by atoms with E-state index in [1.807, 2.05) is 71.6 Å². The fraction of sp³-hybridized carbons (Fsp3) is 0.259. The van der Waals surface area contributed by atoms with E-state index >= 15 is 0 Å². The third-order valence-corrected chi connectivity index (χ3v) is 6.79. The summed E-state index contributed by atoms with van der Waals surface area (Å²) in [5, 5.41) is 12.6. The van der Waals surface area contributed by atoms with Crippen molar-refractivity contribution in [2.24, 2.45) is 17.8 Å². The molecule has 1 saturated heterocycles. The number of hydrogen-bond acceptors (Lipinski definition) is 4. The fourth-order valence-corrected chi connectivity index (χ4v) is 5.08. The number of nitrogens with one attached hydrogen (secondary N) is 1. The molecule has 3 unspecified atom stereocenters. The molecule has 0 spiro atoms. The smallest absolute Gasteiger partial charge is 0.179 e. The average Bonchev–Trinajstić information content (AvgIpc) is 3.14. The highest BCUT2D eigenvalue weighted by Crippen LogP contribution is 2.47. The van der Waals surface area contributed by atoms with Crippen molar-refractivity contribution in [3.63, 3.8) is 0 Å². The van der Waals surface area contributed by atoms with E-state index in [9.17, 15) is 4.79 Å². The lowest BCUT2D eigenvalue weighted by molar-refractivity contribution is 0.0779. The monoisotopic (exact) mass is 407 g/mol. The van der Waals surface area contributed by atoms with Gasteiger partial charge >= 0.3 is 0 Å². The Hall–Kier alpha value is -3.58. The minimum absolute atomic E-state index is 0.209. The van der Waals surface area contributed by atoms with Crippen molar-refractivity contribution in [2.45, 2.75) is 12.8 Å². The van der Waals surface area contributed by atoms with E-state index in [4.69, 9.17) is 5.26 Å². The Kier molecular flexibility index (Phi) is 5.18. The van der Waals surface area contributed by atoms with Gasteiger partial charge in [0.05, 0.1) is 0 Å². The average molecular weight is 408 g/mol. The van der Waals surface area contributed by atoms with Crippen molar-refractivity contribution in [2.75, 3.05) is 18.4 Å². The molecule has 3 aromatic carbocycles. The van der Waals surface area contributed by atoms with Crippen LogP contribution in [0.25, 0.3) is 11.1 Å². The molecular formula is C27H25N3O. The number of carbonyl (C=O) groups is 1. The van der Waals surface area contributed by atoms with E-state index in [0.29, 0.717) is 24.2 Å². The predicted molar refractivity (Wildman–Crippen MR) is 123 cm³/mol. The number of hydrogen-bond donors (Lipinski definition) is 1. The molecule has 1 saturated carbocycles. The molecule has 154 valence electrons. The first-order chi connectivity index (χ1) is 15.2. The van der Waals surface area contributed by atoms with Gasteiger partial charge in [-0.15, -0.1) is 0 Å². The summed E-state index contributed by atoms with van der Waals surface area (Å²) in [4.78, 5) is 14.7. The van der Waals surface area contributed by atoms with E-state index < -0.39 is 0 Å². The predicted octanol–water partition coefficient (Wildman–Crippen LogP) is 5.72. The van der Waals surface area contributed by atoms with Gasteiger partial charge in [-0.3, -0.25) is 4.79 Å². The van der Waals surface area contributed by atoms with Crippen LogP contribution in [0.5, 0.6) is 0 Å². The summed E-state index contributed by atoms with van der Waals surface area (Å²) in [6.45, 7) is 1.69. The van der Waals surface area contributed by atoms with Crippen LogP contribution in [-0.4, -0.2) is 23.8 Å². The maximum Gasteiger partial charge on any atom is 0.179 e. The highest BCUT2D eigenvalue weighted by atomic mass is 16.1. The molecule has 2 aliphatic rings. The first-order valence-electron chi connectivity index (χ1n) is 10.9. The number of likely N-dealkylation sites (tertiary alicyclic amines) is 1. The molecular weight excluding hydrogens is 382 g/mol. The topological polar surface area (TPSA) is 56.1 Å². The fourth-order valence-electron chi connectivity index (χ4n) is 5.08. The van der Waals surface area contributed by atoms with Crippen LogP contribution in [0.15, 0.2) is 78.9 Å². The molecule has 3 atom stereocenters. The zero-order valence-corrected chi connectivity index (χ0v) is 17.4. The quantitative estimate of drug-likeness (QED) is 0.419. The molecule has 1 heterocycles. The Balaban J connectivity index is 1.28. The number of anilines is 2. The molecule has 0 radical (unpaired) electrons. The van der Waals surface area contributed by atoms with Crippen LogP contribution in [0.3, 0.4) is 0 Å². The molecule has 0 aromatic heterocycles. The second-order valence-corrected chi connectivity index (χ2v) is 8.67. The lowest BCUT2D eigenvalue weighted by Gasteiger charge is -2.38. The van der Waals surface area contributed by atoms with Gasteiger partial charge in [0.2, 0.25) is 0 Å². The van der Waals surface area contributed by atoms with E-state index in [2.05, 4.69) is 23.6 Å². The van der Waals surface area contributed by atoms with E-state index in [1.165, 1.54) is 0 Å². The summed E-state index contributed by atoms with van der Waals surface area (Å²) in [6, 6.07) is 26.3. The Morgan fingerprint density at radius 3 is 2.48 bits per heavy atom. The summed E-state index contributed by atoms with van der Waals surface area (Å²) in [5.41, 5.74) is 5.05. The third-order valence-electron chi connectivity index (χ3n) is 6.79. The van der Waals surface area contributed by atoms with Crippen LogP contribution in [-0.2, 0) is 0 Å². The number of nitriles is 1. The summed E-state index contributed by atoms with van der Waals surface area (Å²) in [5.74, 6) is 1.75. The van der Waals surface area contributed by atoms with Gasteiger partial charge in [-0.1, -0.05) is 60.7 Å². The van der Waals surface area contributed by atoms with Gasteiger partial charge in [0.1, 0.15) is 0 Å². The Morgan fingerprint density at radius 2 is 1.71 bits per heavy atom. The van der Waals surface area contributed by atoms with Gasteiger partial charge in [-0.25, -0.2) is 0 Å². The number of nitrogens with zero attached hydrogens (tertiary/aromatic N) is 2. The SMILES string of the molecule is N#CN1CC2CC(CC(=O)c3ccc(-c4ccccc4Nc4ccccc4)cc3)C2C1. The number of para-hydroxylation sites is 2. The standard InChI is InChI=1S/C27H25N3O/c28-18-30-16-22-14-21(25(22)17-30)15-27(31)20-12-10-19(11-13-20)24-8-4-5-9-26(24)29-23-6-2-1-3-7-23/h1-13,21-22,25,29H,14-17H2. The van der Waals surface area contributed by atoms with Gasteiger partial charge in [0.15, 0.2) is 12.0 Å². The van der Waals surface area contributed by atoms with Gasteiger partial charge < -0.3 is 10.2 Å². The second kappa shape index (κ2) is 8.28. The Bertz CT molecular complexity index is 1120. The number of Topliss-reactive ketones (excluding diaryl/α,β-unsaturated/α-hetero) is 1. The summed E-state index contributed by atoms with van der Waals surface area (Å²) in [6.07, 6.45) is 3.92. The maximum absolute atomic E-state index is 12.9. The molecule has 5 rings (SSSR count). The zero-order chi connectivity index (χ0) is 21.2. The van der Waals surface area contributed by atoms with Crippen LogP contribution in [0, 0.1) is 29.2 Å². The van der Waals surface area contributed by atoms with Gasteiger partial charge in [0.25, 0.3) is 0 Å². The van der Waals surface area contributed by atoms with Crippen molar-refractivity contribution in [1.29, 1.82) is 5.26 Å². The van der Waals surface area contributed by atoms with Crippen molar-refractivity contribution in [3.05, 3.63) is 84.4 Å². The number of carbonyl (C=O) groups excluding carboxylic acids is 1. The normalized spacial score (nSPS) is 21.6. The zero-order valence-electron chi connectivity index (χ0n) is 17.4. The summed E-state index contributed by atoms with van der Waals surface area (Å²) in [7, 11) is 0. The Labute approximate surface area is 183 Å². The molecule has 31 heavy (non-hydrogen) atoms. The van der Waals surface area contributed by atoms with Crippen molar-refractivity contribution in [3.8, 4) is 17.3 Å². The van der Waals surface area contributed by atoms with Gasteiger partial charge in [-0.2, -0.15) is 5.26 Å². The Morgan fingerprint density at radius 1 is 0.968 bits per heavy atom. The van der Waals surface area contributed by atoms with Crippen molar-refractivity contribution in [1.82, 2.24) is 4.90 Å². The molecule has 4 nitrogen and oxygen atoms in total. The van der Waals surface area contributed by atoms with Crippen molar-refractivity contribution >= 4 is 17.2 Å². The molecule has 1 N–H and O–H groups in total. The third kappa shape index (κ3) is 3.92. The van der Waals surface area contributed by atoms with Crippen LogP contribution in [0.2, 0.25) is 0 Å². The molecule has 0 bridgehead atoms. The van der Waals surface area contributed by atoms with Crippen LogP contribution < -0.4 is 5.32 Å². The molecule has 3 aromatic rings. The first-order valence-corrected chi connectivity index (χ1v) is 10.9. The van der Waals surface area contributed by atoms with Crippen LogP contribution in [0.4, 0.5) is 11.4 Å². The molecule has 1 aliphatic heterocycles. The van der Waals surface area contributed by atoms with Crippen molar-refractivity contribution < 1.29 is 4.79 Å². The summed E-state index contributed by atoms with van der Waals surface area (Å²) >= 11 is 0. The minimum atomic E-state index is 0.209. The van der Waals surface area contributed by atoms with Crippen LogP contribution >= 0.6 is 0 Å². The highest BCUT2D eigenvalue weighted by Gasteiger charge is 2.47.